The smallest absolute Gasteiger partial charge is 0.229 e. The molecule has 0 bridgehead atoms. The number of hydrogen-bond acceptors (Lipinski definition) is 4. The molecule has 6 heteroatoms. The maximum absolute atomic E-state index is 12.4. The van der Waals surface area contributed by atoms with E-state index in [4.69, 9.17) is 10.5 Å². The third-order valence-corrected chi connectivity index (χ3v) is 3.96. The summed E-state index contributed by atoms with van der Waals surface area (Å²) in [4.78, 5) is 25.3. The highest BCUT2D eigenvalue weighted by Gasteiger charge is 2.39. The Morgan fingerprint density at radius 1 is 1.42 bits per heavy atom. The molecular formula is C13H23N3O3. The highest BCUT2D eigenvalue weighted by atomic mass is 16.5. The quantitative estimate of drug-likeness (QED) is 0.693. The van der Waals surface area contributed by atoms with Gasteiger partial charge in [-0.2, -0.15) is 0 Å². The molecule has 0 radical (unpaired) electrons. The van der Waals surface area contributed by atoms with Crippen molar-refractivity contribution in [2.24, 2.45) is 17.6 Å². The first-order chi connectivity index (χ1) is 9.13. The lowest BCUT2D eigenvalue weighted by atomic mass is 10.0. The first kappa shape index (κ1) is 14.3. The van der Waals surface area contributed by atoms with Crippen molar-refractivity contribution in [2.75, 3.05) is 32.8 Å². The Labute approximate surface area is 113 Å². The number of ether oxygens (including phenoxy) is 1. The van der Waals surface area contributed by atoms with Crippen molar-refractivity contribution in [3.8, 4) is 0 Å². The van der Waals surface area contributed by atoms with E-state index in [1.807, 2.05) is 0 Å². The molecule has 108 valence electrons. The van der Waals surface area contributed by atoms with Crippen LogP contribution in [0.25, 0.3) is 0 Å². The summed E-state index contributed by atoms with van der Waals surface area (Å²) in [5.74, 6) is -0.528. The summed E-state index contributed by atoms with van der Waals surface area (Å²) in [6.07, 6.45) is 1.71. The number of carbonyl (C=O) groups excluding carboxylic acids is 2. The van der Waals surface area contributed by atoms with Gasteiger partial charge in [0, 0.05) is 19.1 Å². The van der Waals surface area contributed by atoms with Gasteiger partial charge in [0.25, 0.3) is 0 Å². The molecular weight excluding hydrogens is 246 g/mol. The Hall–Kier alpha value is -1.14. The standard InChI is InChI=1S/C13H23N3O3/c1-2-4-15-11-8-19-7-10(11)13(18)16-5-3-9(6-16)12(14)17/h9-11,15H,2-8H2,1H3,(H2,14,17). The van der Waals surface area contributed by atoms with E-state index in [2.05, 4.69) is 12.2 Å². The van der Waals surface area contributed by atoms with E-state index in [1.165, 1.54) is 0 Å². The van der Waals surface area contributed by atoms with Crippen LogP contribution in [-0.4, -0.2) is 55.6 Å². The lowest BCUT2D eigenvalue weighted by Crippen LogP contribution is -2.45. The largest absolute Gasteiger partial charge is 0.379 e. The Morgan fingerprint density at radius 2 is 2.21 bits per heavy atom. The molecule has 2 amide bonds. The minimum Gasteiger partial charge on any atom is -0.379 e. The minimum absolute atomic E-state index is 0.0925. The Kier molecular flexibility index (Phi) is 4.76. The van der Waals surface area contributed by atoms with E-state index in [1.54, 1.807) is 4.90 Å². The molecule has 0 saturated carbocycles. The average Bonchev–Trinajstić information content (AvgIpc) is 3.04. The van der Waals surface area contributed by atoms with Crippen LogP contribution in [0.4, 0.5) is 0 Å². The normalized spacial score (nSPS) is 30.8. The molecule has 3 atom stereocenters. The summed E-state index contributed by atoms with van der Waals surface area (Å²) in [5.41, 5.74) is 5.29. The lowest BCUT2D eigenvalue weighted by molar-refractivity contribution is -0.135. The van der Waals surface area contributed by atoms with Crippen LogP contribution in [0.2, 0.25) is 0 Å². The monoisotopic (exact) mass is 269 g/mol. The third kappa shape index (κ3) is 3.25. The fourth-order valence-corrected chi connectivity index (χ4v) is 2.76. The van der Waals surface area contributed by atoms with Crippen LogP contribution in [-0.2, 0) is 14.3 Å². The molecule has 2 aliphatic rings. The molecule has 0 spiro atoms. The maximum atomic E-state index is 12.4. The summed E-state index contributed by atoms with van der Waals surface area (Å²) in [6, 6.07) is 0.0973. The number of carbonyl (C=O) groups is 2. The second-order valence-electron chi connectivity index (χ2n) is 5.38. The number of amides is 2. The number of likely N-dealkylation sites (tertiary alicyclic amines) is 1. The third-order valence-electron chi connectivity index (χ3n) is 3.96. The number of nitrogens with zero attached hydrogens (tertiary/aromatic N) is 1. The van der Waals surface area contributed by atoms with Gasteiger partial charge in [-0.3, -0.25) is 9.59 Å². The van der Waals surface area contributed by atoms with Crippen molar-refractivity contribution in [3.63, 3.8) is 0 Å². The summed E-state index contributed by atoms with van der Waals surface area (Å²) in [7, 11) is 0. The summed E-state index contributed by atoms with van der Waals surface area (Å²) in [6.45, 7) is 5.13. The van der Waals surface area contributed by atoms with Gasteiger partial charge in [-0.15, -0.1) is 0 Å². The number of nitrogens with two attached hydrogens (primary N) is 1. The van der Waals surface area contributed by atoms with Crippen molar-refractivity contribution in [3.05, 3.63) is 0 Å². The second kappa shape index (κ2) is 6.34. The highest BCUT2D eigenvalue weighted by molar-refractivity contribution is 5.83. The van der Waals surface area contributed by atoms with Gasteiger partial charge in [0.1, 0.15) is 0 Å². The van der Waals surface area contributed by atoms with Crippen LogP contribution in [0.5, 0.6) is 0 Å². The lowest BCUT2D eigenvalue weighted by Gasteiger charge is -2.24. The van der Waals surface area contributed by atoms with Gasteiger partial charge in [-0.05, 0) is 19.4 Å². The Bertz CT molecular complexity index is 348. The first-order valence-corrected chi connectivity index (χ1v) is 7.02. The number of hydrogen-bond donors (Lipinski definition) is 2. The van der Waals surface area contributed by atoms with Crippen molar-refractivity contribution in [2.45, 2.75) is 25.8 Å². The molecule has 0 aliphatic carbocycles. The van der Waals surface area contributed by atoms with Gasteiger partial charge >= 0.3 is 0 Å². The SMILES string of the molecule is CCCNC1COCC1C(=O)N1CCC(C(N)=O)C1. The van der Waals surface area contributed by atoms with Crippen molar-refractivity contribution in [1.29, 1.82) is 0 Å². The zero-order valence-corrected chi connectivity index (χ0v) is 11.4. The zero-order chi connectivity index (χ0) is 13.8. The van der Waals surface area contributed by atoms with E-state index < -0.39 is 0 Å². The minimum atomic E-state index is -0.307. The molecule has 2 fully saturated rings. The molecule has 3 unspecified atom stereocenters. The molecule has 0 aromatic carbocycles. The highest BCUT2D eigenvalue weighted by Crippen LogP contribution is 2.22. The number of primary amides is 1. The molecule has 2 saturated heterocycles. The molecule has 0 aromatic rings. The van der Waals surface area contributed by atoms with Crippen LogP contribution in [0, 0.1) is 11.8 Å². The van der Waals surface area contributed by atoms with Gasteiger partial charge < -0.3 is 20.7 Å². The predicted octanol–water partition coefficient (Wildman–Crippen LogP) is -0.665. The van der Waals surface area contributed by atoms with Crippen molar-refractivity contribution in [1.82, 2.24) is 10.2 Å². The molecule has 6 nitrogen and oxygen atoms in total. The predicted molar refractivity (Wildman–Crippen MR) is 70.3 cm³/mol. The van der Waals surface area contributed by atoms with E-state index in [9.17, 15) is 9.59 Å². The molecule has 2 rings (SSSR count). The second-order valence-corrected chi connectivity index (χ2v) is 5.38. The zero-order valence-electron chi connectivity index (χ0n) is 11.4. The number of nitrogens with one attached hydrogen (secondary N) is 1. The van der Waals surface area contributed by atoms with Gasteiger partial charge in [-0.25, -0.2) is 0 Å². The van der Waals surface area contributed by atoms with Crippen LogP contribution in [0.3, 0.4) is 0 Å². The van der Waals surface area contributed by atoms with E-state index in [-0.39, 0.29) is 29.7 Å². The molecule has 2 heterocycles. The summed E-state index contributed by atoms with van der Waals surface area (Å²) >= 11 is 0. The number of rotatable bonds is 5. The Morgan fingerprint density at radius 3 is 2.84 bits per heavy atom. The van der Waals surface area contributed by atoms with Gasteiger partial charge in [-0.1, -0.05) is 6.92 Å². The van der Waals surface area contributed by atoms with E-state index in [0.717, 1.165) is 13.0 Å². The van der Waals surface area contributed by atoms with Crippen molar-refractivity contribution < 1.29 is 14.3 Å². The van der Waals surface area contributed by atoms with Crippen LogP contribution in [0.15, 0.2) is 0 Å². The summed E-state index contributed by atoms with van der Waals surface area (Å²) in [5, 5.41) is 3.36. The first-order valence-electron chi connectivity index (χ1n) is 7.02. The molecule has 2 aliphatic heterocycles. The van der Waals surface area contributed by atoms with Gasteiger partial charge in [0.15, 0.2) is 0 Å². The van der Waals surface area contributed by atoms with Crippen LogP contribution >= 0.6 is 0 Å². The van der Waals surface area contributed by atoms with E-state index >= 15 is 0 Å². The van der Waals surface area contributed by atoms with Crippen LogP contribution < -0.4 is 11.1 Å². The van der Waals surface area contributed by atoms with Gasteiger partial charge in [0.2, 0.25) is 11.8 Å². The van der Waals surface area contributed by atoms with Crippen molar-refractivity contribution >= 4 is 11.8 Å². The maximum Gasteiger partial charge on any atom is 0.229 e. The fraction of sp³-hybridized carbons (Fsp3) is 0.846. The topological polar surface area (TPSA) is 84.7 Å². The average molecular weight is 269 g/mol. The fourth-order valence-electron chi connectivity index (χ4n) is 2.76. The molecule has 3 N–H and O–H groups in total. The van der Waals surface area contributed by atoms with Crippen LogP contribution in [0.1, 0.15) is 19.8 Å². The summed E-state index contributed by atoms with van der Waals surface area (Å²) < 4.78 is 5.42. The Balaban J connectivity index is 1.90. The molecule has 0 aromatic heterocycles. The van der Waals surface area contributed by atoms with Gasteiger partial charge in [0.05, 0.1) is 25.0 Å². The molecule has 19 heavy (non-hydrogen) atoms. The van der Waals surface area contributed by atoms with E-state index in [0.29, 0.717) is 32.7 Å².